The molecule has 0 atom stereocenters. The molecule has 12 heavy (non-hydrogen) atoms. The van der Waals surface area contributed by atoms with E-state index >= 15 is 0 Å². The van der Waals surface area contributed by atoms with Crippen LogP contribution in [0.25, 0.3) is 0 Å². The second kappa shape index (κ2) is 3.77. The molecule has 0 unspecified atom stereocenters. The number of rotatable bonds is 1. The molecule has 0 saturated carbocycles. The van der Waals surface area contributed by atoms with Gasteiger partial charge < -0.3 is 0 Å². The lowest BCUT2D eigenvalue weighted by molar-refractivity contribution is 0.571. The van der Waals surface area contributed by atoms with Gasteiger partial charge in [-0.15, -0.1) is 0 Å². The molecule has 0 N–H and O–H groups in total. The Morgan fingerprint density at radius 3 is 2.08 bits per heavy atom. The van der Waals surface area contributed by atoms with E-state index in [1.54, 1.807) is 0 Å². The van der Waals surface area contributed by atoms with Crippen molar-refractivity contribution < 1.29 is 8.42 Å². The van der Waals surface area contributed by atoms with Gasteiger partial charge in [0, 0.05) is 17.1 Å². The SMILES string of the molecule is CC(C)(C)C#C/C=C/S(C)(=O)=O. The first-order valence-electron chi connectivity index (χ1n) is 3.60. The average Bonchev–Trinajstić information content (AvgIpc) is 1.76. The van der Waals surface area contributed by atoms with E-state index in [9.17, 15) is 8.42 Å². The Labute approximate surface area is 74.6 Å². The molecule has 0 fully saturated rings. The zero-order valence-electron chi connectivity index (χ0n) is 7.88. The minimum Gasteiger partial charge on any atom is -0.225 e. The van der Waals surface area contributed by atoms with Crippen molar-refractivity contribution in [3.63, 3.8) is 0 Å². The molecule has 0 aliphatic rings. The third-order valence-electron chi connectivity index (χ3n) is 0.846. The van der Waals surface area contributed by atoms with Gasteiger partial charge in [-0.05, 0) is 26.8 Å². The van der Waals surface area contributed by atoms with Crippen LogP contribution in [0.1, 0.15) is 20.8 Å². The van der Waals surface area contributed by atoms with Gasteiger partial charge in [0.05, 0.1) is 0 Å². The summed E-state index contributed by atoms with van der Waals surface area (Å²) in [7, 11) is -3.02. The van der Waals surface area contributed by atoms with Gasteiger partial charge >= 0.3 is 0 Å². The first-order chi connectivity index (χ1) is 5.21. The summed E-state index contributed by atoms with van der Waals surface area (Å²) in [5, 5.41) is 1.10. The van der Waals surface area contributed by atoms with Crippen LogP contribution >= 0.6 is 0 Å². The summed E-state index contributed by atoms with van der Waals surface area (Å²) in [6.07, 6.45) is 2.50. The van der Waals surface area contributed by atoms with Gasteiger partial charge in [0.15, 0.2) is 9.84 Å². The van der Waals surface area contributed by atoms with E-state index in [2.05, 4.69) is 11.8 Å². The van der Waals surface area contributed by atoms with Crippen LogP contribution in [0.5, 0.6) is 0 Å². The minimum atomic E-state index is -3.02. The summed E-state index contributed by atoms with van der Waals surface area (Å²) in [6.45, 7) is 5.90. The lowest BCUT2D eigenvalue weighted by Gasteiger charge is -2.05. The van der Waals surface area contributed by atoms with Crippen molar-refractivity contribution in [3.05, 3.63) is 11.5 Å². The molecule has 0 radical (unpaired) electrons. The van der Waals surface area contributed by atoms with Crippen molar-refractivity contribution in [1.82, 2.24) is 0 Å². The lowest BCUT2D eigenvalue weighted by atomic mass is 9.98. The van der Waals surface area contributed by atoms with Crippen LogP contribution in [0.15, 0.2) is 11.5 Å². The maximum Gasteiger partial charge on any atom is 0.169 e. The molecule has 0 aliphatic carbocycles. The van der Waals surface area contributed by atoms with E-state index in [-0.39, 0.29) is 5.41 Å². The van der Waals surface area contributed by atoms with Crippen molar-refractivity contribution in [2.24, 2.45) is 5.41 Å². The van der Waals surface area contributed by atoms with Crippen LogP contribution in [-0.2, 0) is 9.84 Å². The third-order valence-corrected chi connectivity index (χ3v) is 1.48. The first kappa shape index (κ1) is 11.2. The second-order valence-electron chi connectivity index (χ2n) is 3.65. The Kier molecular flexibility index (Phi) is 3.54. The quantitative estimate of drug-likeness (QED) is 0.583. The van der Waals surface area contributed by atoms with Crippen molar-refractivity contribution in [2.45, 2.75) is 20.8 Å². The smallest absolute Gasteiger partial charge is 0.169 e. The van der Waals surface area contributed by atoms with Gasteiger partial charge in [0.2, 0.25) is 0 Å². The van der Waals surface area contributed by atoms with Crippen molar-refractivity contribution in [3.8, 4) is 11.8 Å². The van der Waals surface area contributed by atoms with E-state index in [0.29, 0.717) is 0 Å². The fourth-order valence-corrected chi connectivity index (χ4v) is 0.731. The Morgan fingerprint density at radius 2 is 1.75 bits per heavy atom. The molecular weight excluding hydrogens is 172 g/mol. The summed E-state index contributed by atoms with van der Waals surface area (Å²) in [5.74, 6) is 5.57. The Balaban J connectivity index is 4.33. The Morgan fingerprint density at radius 1 is 1.25 bits per heavy atom. The molecule has 0 bridgehead atoms. The summed E-state index contributed by atoms with van der Waals surface area (Å²) in [4.78, 5) is 0. The maximum atomic E-state index is 10.6. The van der Waals surface area contributed by atoms with Crippen LogP contribution in [0.3, 0.4) is 0 Å². The van der Waals surface area contributed by atoms with Crippen LogP contribution < -0.4 is 0 Å². The van der Waals surface area contributed by atoms with E-state index in [4.69, 9.17) is 0 Å². The predicted octanol–water partition coefficient (Wildman–Crippen LogP) is 1.59. The van der Waals surface area contributed by atoms with Gasteiger partial charge in [-0.3, -0.25) is 0 Å². The molecule has 0 aromatic rings. The molecule has 2 nitrogen and oxygen atoms in total. The van der Waals surface area contributed by atoms with Gasteiger partial charge in [-0.1, -0.05) is 11.8 Å². The summed E-state index contributed by atoms with van der Waals surface area (Å²) in [5.41, 5.74) is -0.0815. The fraction of sp³-hybridized carbons (Fsp3) is 0.556. The zero-order chi connectivity index (χ0) is 9.83. The second-order valence-corrected chi connectivity index (χ2v) is 5.58. The predicted molar refractivity (Wildman–Crippen MR) is 51.2 cm³/mol. The highest BCUT2D eigenvalue weighted by atomic mass is 32.2. The molecule has 0 amide bonds. The normalized spacial score (nSPS) is 12.7. The molecule has 0 aliphatic heterocycles. The first-order valence-corrected chi connectivity index (χ1v) is 5.55. The molecule has 0 aromatic heterocycles. The van der Waals surface area contributed by atoms with Crippen LogP contribution in [0, 0.1) is 17.3 Å². The summed E-state index contributed by atoms with van der Waals surface area (Å²) < 4.78 is 21.2. The molecule has 0 saturated heterocycles. The standard InChI is InChI=1S/C9H14O2S/c1-9(2,3)7-5-6-8-12(4,10)11/h6,8H,1-4H3/b8-6+. The number of allylic oxidation sites excluding steroid dienone is 1. The van der Waals surface area contributed by atoms with E-state index in [0.717, 1.165) is 11.7 Å². The number of sulfone groups is 1. The Bertz CT molecular complexity index is 318. The van der Waals surface area contributed by atoms with Crippen LogP contribution in [0.4, 0.5) is 0 Å². The molecule has 68 valence electrons. The monoisotopic (exact) mass is 186 g/mol. The van der Waals surface area contributed by atoms with Gasteiger partial charge in [0.1, 0.15) is 0 Å². The van der Waals surface area contributed by atoms with Crippen LogP contribution in [-0.4, -0.2) is 14.7 Å². The van der Waals surface area contributed by atoms with E-state index in [1.165, 1.54) is 6.08 Å². The fourth-order valence-electron chi connectivity index (χ4n) is 0.416. The highest BCUT2D eigenvalue weighted by Gasteiger charge is 2.02. The zero-order valence-corrected chi connectivity index (χ0v) is 8.70. The summed E-state index contributed by atoms with van der Waals surface area (Å²) >= 11 is 0. The minimum absolute atomic E-state index is 0.0815. The average molecular weight is 186 g/mol. The van der Waals surface area contributed by atoms with Gasteiger partial charge in [0.25, 0.3) is 0 Å². The molecule has 0 spiro atoms. The lowest BCUT2D eigenvalue weighted by Crippen LogP contribution is -1.98. The molecule has 0 rings (SSSR count). The Hall–Kier alpha value is -0.750. The van der Waals surface area contributed by atoms with Crippen molar-refractivity contribution in [2.75, 3.05) is 6.26 Å². The molecule has 0 heterocycles. The molecule has 0 aromatic carbocycles. The topological polar surface area (TPSA) is 34.1 Å². The van der Waals surface area contributed by atoms with Crippen molar-refractivity contribution >= 4 is 9.84 Å². The maximum absolute atomic E-state index is 10.6. The largest absolute Gasteiger partial charge is 0.225 e. The number of hydrogen-bond donors (Lipinski definition) is 0. The van der Waals surface area contributed by atoms with E-state index < -0.39 is 9.84 Å². The number of hydrogen-bond acceptors (Lipinski definition) is 2. The van der Waals surface area contributed by atoms with Crippen LogP contribution in [0.2, 0.25) is 0 Å². The molecule has 3 heteroatoms. The highest BCUT2D eigenvalue weighted by Crippen LogP contribution is 2.09. The van der Waals surface area contributed by atoms with E-state index in [1.807, 2.05) is 20.8 Å². The van der Waals surface area contributed by atoms with Crippen molar-refractivity contribution in [1.29, 1.82) is 0 Å². The van der Waals surface area contributed by atoms with Gasteiger partial charge in [-0.2, -0.15) is 0 Å². The third kappa shape index (κ3) is 9.25. The molecular formula is C9H14O2S. The summed E-state index contributed by atoms with van der Waals surface area (Å²) in [6, 6.07) is 0. The highest BCUT2D eigenvalue weighted by molar-refractivity contribution is 7.93. The van der Waals surface area contributed by atoms with Gasteiger partial charge in [-0.25, -0.2) is 8.42 Å².